The van der Waals surface area contributed by atoms with Crippen LogP contribution < -0.4 is 0 Å². The summed E-state index contributed by atoms with van der Waals surface area (Å²) < 4.78 is 16.6. The number of carboxylic acid groups (broad SMARTS) is 3. The van der Waals surface area contributed by atoms with Crippen LogP contribution in [0.5, 0.6) is 0 Å². The molecule has 0 amide bonds. The van der Waals surface area contributed by atoms with Crippen molar-refractivity contribution in [3.8, 4) is 0 Å². The van der Waals surface area contributed by atoms with E-state index < -0.39 is 106 Å². The van der Waals surface area contributed by atoms with Crippen LogP contribution in [-0.2, 0) is 38.2 Å². The Morgan fingerprint density at radius 3 is 2.09 bits per heavy atom. The predicted molar refractivity (Wildman–Crippen MR) is 200 cm³/mol. The van der Waals surface area contributed by atoms with Crippen molar-refractivity contribution in [1.29, 1.82) is 0 Å². The summed E-state index contributed by atoms with van der Waals surface area (Å²) in [4.78, 5) is 64.3. The van der Waals surface area contributed by atoms with E-state index in [0.717, 1.165) is 24.8 Å². The van der Waals surface area contributed by atoms with Crippen LogP contribution in [0, 0.1) is 50.2 Å². The van der Waals surface area contributed by atoms with Gasteiger partial charge in [-0.2, -0.15) is 0 Å². The molecule has 16 nitrogen and oxygen atoms in total. The number of aliphatic hydroxyl groups excluding tert-OH is 5. The summed E-state index contributed by atoms with van der Waals surface area (Å²) in [6, 6.07) is 0. The number of carbonyl (C=O) groups is 5. The van der Waals surface area contributed by atoms with Gasteiger partial charge in [0.05, 0.1) is 11.5 Å². The molecule has 16 atom stereocenters. The number of allylic oxidation sites excluding steroid dienone is 2. The lowest BCUT2D eigenvalue weighted by atomic mass is 9.33. The van der Waals surface area contributed by atoms with Gasteiger partial charge in [0.1, 0.15) is 36.3 Å². The molecule has 1 saturated heterocycles. The van der Waals surface area contributed by atoms with Gasteiger partial charge in [0.25, 0.3) is 0 Å². The highest BCUT2D eigenvalue weighted by Gasteiger charge is 2.70. The average Bonchev–Trinajstić information content (AvgIpc) is 3.12. The maximum atomic E-state index is 14.8. The number of hydrogen-bond donors (Lipinski definition) is 8. The number of ketones is 1. The Bertz CT molecular complexity index is 1790. The average molecular weight is 821 g/mol. The van der Waals surface area contributed by atoms with Crippen LogP contribution in [0.1, 0.15) is 106 Å². The molecule has 0 aromatic heterocycles. The third-order valence-electron chi connectivity index (χ3n) is 16.5. The normalized spacial score (nSPS) is 45.8. The number of hydrogen-bond acceptors (Lipinski definition) is 13. The van der Waals surface area contributed by atoms with E-state index in [0.29, 0.717) is 32.1 Å². The van der Waals surface area contributed by atoms with E-state index in [4.69, 9.17) is 14.2 Å². The van der Waals surface area contributed by atoms with Crippen LogP contribution in [0.2, 0.25) is 0 Å². The fourth-order valence-corrected chi connectivity index (χ4v) is 12.7. The molecule has 1 unspecified atom stereocenters. The lowest BCUT2D eigenvalue weighted by molar-refractivity contribution is -0.309. The molecule has 58 heavy (non-hydrogen) atoms. The Kier molecular flexibility index (Phi) is 11.2. The molecule has 1 heterocycles. The summed E-state index contributed by atoms with van der Waals surface area (Å²) in [5.74, 6) is -7.39. The minimum atomic E-state index is -2.42. The van der Waals surface area contributed by atoms with Gasteiger partial charge in [-0.15, -0.1) is 0 Å². The quantitative estimate of drug-likeness (QED) is 0.0943. The molecular weight excluding hydrogens is 760 g/mol. The van der Waals surface area contributed by atoms with Crippen LogP contribution in [0.4, 0.5) is 0 Å². The van der Waals surface area contributed by atoms with Crippen molar-refractivity contribution in [1.82, 2.24) is 0 Å². The molecule has 0 aromatic rings. The van der Waals surface area contributed by atoms with Crippen LogP contribution in [0.25, 0.3) is 0 Å². The summed E-state index contributed by atoms with van der Waals surface area (Å²) in [5, 5.41) is 81.4. The summed E-state index contributed by atoms with van der Waals surface area (Å²) >= 11 is 0. The van der Waals surface area contributed by atoms with E-state index in [1.54, 1.807) is 0 Å². The molecule has 16 heteroatoms. The largest absolute Gasteiger partial charge is 0.509 e. The van der Waals surface area contributed by atoms with Crippen molar-refractivity contribution in [2.24, 2.45) is 50.2 Å². The van der Waals surface area contributed by atoms with Crippen LogP contribution in [0.15, 0.2) is 23.5 Å². The Hall–Kier alpha value is -3.41. The van der Waals surface area contributed by atoms with Gasteiger partial charge in [-0.1, -0.05) is 47.1 Å². The van der Waals surface area contributed by atoms with Gasteiger partial charge >= 0.3 is 23.9 Å². The highest BCUT2D eigenvalue weighted by Crippen LogP contribution is 2.75. The fraction of sp³-hybridized carbons (Fsp3) is 0.786. The molecule has 6 rings (SSSR count). The Morgan fingerprint density at radius 1 is 0.845 bits per heavy atom. The minimum Gasteiger partial charge on any atom is -0.509 e. The van der Waals surface area contributed by atoms with Gasteiger partial charge in [-0.3, -0.25) is 9.59 Å². The number of carbonyl (C=O) groups excluding carboxylic acids is 2. The number of esters is 1. The van der Waals surface area contributed by atoms with E-state index in [1.165, 1.54) is 0 Å². The first-order chi connectivity index (χ1) is 26.7. The van der Waals surface area contributed by atoms with Gasteiger partial charge in [0.2, 0.25) is 0 Å². The first-order valence-electron chi connectivity index (χ1n) is 20.3. The number of aliphatic hydroxyl groups is 5. The lowest BCUT2D eigenvalue weighted by Gasteiger charge is -2.70. The molecule has 0 aromatic carbocycles. The summed E-state index contributed by atoms with van der Waals surface area (Å²) in [5.41, 5.74) is -2.11. The van der Waals surface area contributed by atoms with Crippen molar-refractivity contribution >= 4 is 29.7 Å². The second-order valence-corrected chi connectivity index (χ2v) is 20.0. The fourth-order valence-electron chi connectivity index (χ4n) is 12.7. The SMILES string of the molecule is CC1(C)[C@@H](OC(=O)[C@H](O[C@@H]2O[C@H](C(=O)O)[C@@H](O)[C@H](O)[C@H]2O)[C@@H](O)/C(O)=C/C(=O)O)CC[C@]2(C)[C@H]3C(=O)C=C4[C@@H]5C[C@@](C)(C(=O)O)CC[C@]5(C)CCC4(C)[C@]3(C)CC[C@@H]12. The number of carboxylic acids is 3. The van der Waals surface area contributed by atoms with Crippen molar-refractivity contribution < 1.29 is 79.0 Å². The maximum absolute atomic E-state index is 14.8. The van der Waals surface area contributed by atoms with E-state index >= 15 is 0 Å². The molecular formula is C42H60O16. The number of ether oxygens (including phenoxy) is 3. The summed E-state index contributed by atoms with van der Waals surface area (Å²) in [7, 11) is 0. The molecule has 1 aliphatic heterocycles. The maximum Gasteiger partial charge on any atom is 0.338 e. The highest BCUT2D eigenvalue weighted by molar-refractivity contribution is 5.95. The molecule has 6 aliphatic rings. The second kappa shape index (κ2) is 14.6. The van der Waals surface area contributed by atoms with E-state index in [1.807, 2.05) is 26.8 Å². The first kappa shape index (κ1) is 44.2. The zero-order valence-corrected chi connectivity index (χ0v) is 34.2. The minimum absolute atomic E-state index is 0.0237. The number of rotatable bonds is 9. The molecule has 0 spiro atoms. The zero-order valence-electron chi connectivity index (χ0n) is 34.2. The van der Waals surface area contributed by atoms with Crippen molar-refractivity contribution in [3.63, 3.8) is 0 Å². The van der Waals surface area contributed by atoms with Gasteiger partial charge < -0.3 is 55.1 Å². The molecule has 8 N–H and O–H groups in total. The summed E-state index contributed by atoms with van der Waals surface area (Å²) in [6.07, 6.45) is -8.53. The van der Waals surface area contributed by atoms with Crippen molar-refractivity contribution in [2.45, 2.75) is 155 Å². The predicted octanol–water partition coefficient (Wildman–Crippen LogP) is 3.13. The van der Waals surface area contributed by atoms with Crippen LogP contribution >= 0.6 is 0 Å². The summed E-state index contributed by atoms with van der Waals surface area (Å²) in [6.45, 7) is 14.5. The molecule has 5 fully saturated rings. The zero-order chi connectivity index (χ0) is 43.3. The standard InChI is InChI=1S/C42H60O16/c1-37(2)23-8-11-42(7)32(22(44)16-19-20-18-39(4,36(54)55)13-12-38(20,3)14-15-41(19,42)6)40(23,5)10-9-24(37)56-34(53)31(26(47)21(43)17-25(45)46)58-35-29(50)27(48)28(49)30(57-35)33(51)52/h16-17,20,23-24,26-32,35,43,47-50H,8-15,18H2,1-7H3,(H,45,46)(H,51,52)(H,54,55)/b21-17-/t20-,23-,24-,26-,27-,28-,29+,30-,31+,32+,35-,38+,39-,40-,41?,42+/m0/s1. The Morgan fingerprint density at radius 2 is 1.48 bits per heavy atom. The Balaban J connectivity index is 1.28. The smallest absolute Gasteiger partial charge is 0.338 e. The van der Waals surface area contributed by atoms with Crippen LogP contribution in [0.3, 0.4) is 0 Å². The molecule has 324 valence electrons. The van der Waals surface area contributed by atoms with Gasteiger partial charge in [0.15, 0.2) is 24.3 Å². The lowest BCUT2D eigenvalue weighted by Crippen LogP contribution is -2.67. The number of fused-ring (bicyclic) bond motifs is 7. The Labute approximate surface area is 337 Å². The van der Waals surface area contributed by atoms with Gasteiger partial charge in [-0.05, 0) is 104 Å². The number of aliphatic carboxylic acids is 3. The monoisotopic (exact) mass is 820 g/mol. The molecule has 4 saturated carbocycles. The van der Waals surface area contributed by atoms with Gasteiger partial charge in [-0.25, -0.2) is 14.4 Å². The highest BCUT2D eigenvalue weighted by atomic mass is 16.7. The first-order valence-corrected chi connectivity index (χ1v) is 20.3. The molecule has 5 aliphatic carbocycles. The van der Waals surface area contributed by atoms with Crippen LogP contribution in [-0.4, -0.2) is 120 Å². The topological polar surface area (TPSA) is 275 Å². The van der Waals surface area contributed by atoms with E-state index in [2.05, 4.69) is 27.7 Å². The third-order valence-corrected chi connectivity index (χ3v) is 16.5. The van der Waals surface area contributed by atoms with Crippen molar-refractivity contribution in [2.75, 3.05) is 0 Å². The third kappa shape index (κ3) is 6.70. The second-order valence-electron chi connectivity index (χ2n) is 20.0. The van der Waals surface area contributed by atoms with E-state index in [9.17, 15) is 64.8 Å². The molecule has 0 radical (unpaired) electrons. The van der Waals surface area contributed by atoms with E-state index in [-0.39, 0.29) is 40.9 Å². The molecule has 0 bridgehead atoms. The van der Waals surface area contributed by atoms with Gasteiger partial charge in [0, 0.05) is 11.3 Å². The van der Waals surface area contributed by atoms with Crippen molar-refractivity contribution in [3.05, 3.63) is 23.5 Å².